The van der Waals surface area contributed by atoms with Crippen LogP contribution < -0.4 is 19.5 Å². The first kappa shape index (κ1) is 24.6. The van der Waals surface area contributed by atoms with Crippen LogP contribution in [0.1, 0.15) is 25.0 Å². The van der Waals surface area contributed by atoms with Crippen LogP contribution in [-0.4, -0.2) is 27.0 Å². The fraction of sp³-hybridized carbons (Fsp3) is 0.200. The Morgan fingerprint density at radius 3 is 2.24 bits per heavy atom. The van der Waals surface area contributed by atoms with Gasteiger partial charge in [-0.2, -0.15) is 5.26 Å². The summed E-state index contributed by atoms with van der Waals surface area (Å²) in [7, 11) is -3.90. The number of nitrogens with one attached hydrogen (secondary N) is 2. The molecule has 176 valence electrons. The number of anilines is 2. The van der Waals surface area contributed by atoms with E-state index in [1.807, 2.05) is 13.0 Å². The first-order chi connectivity index (χ1) is 16.2. The third-order valence-corrected chi connectivity index (χ3v) is 6.35. The molecule has 0 aliphatic carbocycles. The molecule has 0 aliphatic heterocycles. The highest BCUT2D eigenvalue weighted by Gasteiger charge is 2.20. The topological polar surface area (TPSA) is 118 Å². The molecule has 0 bridgehead atoms. The highest BCUT2D eigenvalue weighted by Crippen LogP contribution is 2.24. The maximum Gasteiger partial charge on any atom is 0.265 e. The van der Waals surface area contributed by atoms with Crippen LogP contribution in [0.2, 0.25) is 0 Å². The van der Waals surface area contributed by atoms with Crippen molar-refractivity contribution in [1.29, 1.82) is 5.26 Å². The number of carbonyl (C=O) groups excluding carboxylic acids is 1. The van der Waals surface area contributed by atoms with Gasteiger partial charge in [0.25, 0.3) is 15.9 Å². The molecule has 1 amide bonds. The van der Waals surface area contributed by atoms with Crippen LogP contribution in [0.3, 0.4) is 0 Å². The number of carbonyl (C=O) groups is 1. The SMILES string of the molecule is CCOc1ccc(NS(=O)(=O)c2cc(NC(=O)C(C)Oc3ccc(C#N)cc3)ccc2C)cc1. The molecule has 0 saturated heterocycles. The Kier molecular flexibility index (Phi) is 7.76. The van der Waals surface area contributed by atoms with Gasteiger partial charge in [-0.15, -0.1) is 0 Å². The number of hydrogen-bond donors (Lipinski definition) is 2. The quantitative estimate of drug-likeness (QED) is 0.468. The maximum atomic E-state index is 13.0. The Hall–Kier alpha value is -4.03. The molecule has 0 aliphatic rings. The number of aryl methyl sites for hydroxylation is 1. The van der Waals surface area contributed by atoms with Crippen LogP contribution in [-0.2, 0) is 14.8 Å². The van der Waals surface area contributed by atoms with Crippen molar-refractivity contribution in [2.75, 3.05) is 16.6 Å². The summed E-state index contributed by atoms with van der Waals surface area (Å²) < 4.78 is 39.5. The summed E-state index contributed by atoms with van der Waals surface area (Å²) in [6.45, 7) is 5.63. The zero-order valence-electron chi connectivity index (χ0n) is 19.0. The van der Waals surface area contributed by atoms with Crippen molar-refractivity contribution in [2.24, 2.45) is 0 Å². The number of hydrogen-bond acceptors (Lipinski definition) is 6. The van der Waals surface area contributed by atoms with Gasteiger partial charge in [-0.3, -0.25) is 9.52 Å². The molecule has 0 heterocycles. The van der Waals surface area contributed by atoms with Crippen molar-refractivity contribution in [2.45, 2.75) is 31.8 Å². The van der Waals surface area contributed by atoms with E-state index in [0.717, 1.165) is 0 Å². The molecular formula is C25H25N3O5S. The van der Waals surface area contributed by atoms with Crippen molar-refractivity contribution in [3.63, 3.8) is 0 Å². The van der Waals surface area contributed by atoms with E-state index in [1.54, 1.807) is 74.5 Å². The number of nitrogens with zero attached hydrogens (tertiary/aromatic N) is 1. The highest BCUT2D eigenvalue weighted by molar-refractivity contribution is 7.92. The van der Waals surface area contributed by atoms with E-state index in [2.05, 4.69) is 10.0 Å². The smallest absolute Gasteiger partial charge is 0.265 e. The van der Waals surface area contributed by atoms with E-state index in [9.17, 15) is 13.2 Å². The van der Waals surface area contributed by atoms with Crippen molar-refractivity contribution in [3.05, 3.63) is 77.9 Å². The van der Waals surface area contributed by atoms with E-state index in [0.29, 0.717) is 40.6 Å². The molecule has 1 unspecified atom stereocenters. The minimum Gasteiger partial charge on any atom is -0.494 e. The first-order valence-corrected chi connectivity index (χ1v) is 12.0. The second-order valence-corrected chi connectivity index (χ2v) is 9.08. The van der Waals surface area contributed by atoms with Gasteiger partial charge in [0.1, 0.15) is 11.5 Å². The fourth-order valence-electron chi connectivity index (χ4n) is 3.07. The van der Waals surface area contributed by atoms with Crippen molar-refractivity contribution >= 4 is 27.3 Å². The fourth-order valence-corrected chi connectivity index (χ4v) is 4.40. The van der Waals surface area contributed by atoms with Gasteiger partial charge < -0.3 is 14.8 Å². The zero-order valence-corrected chi connectivity index (χ0v) is 19.8. The Labute approximate surface area is 199 Å². The standard InChI is InChI=1S/C25H25N3O5S/c1-4-32-22-13-9-20(10-14-22)28-34(30,31)24-15-21(8-5-17(24)2)27-25(29)18(3)33-23-11-6-19(16-26)7-12-23/h5-15,18,28H,4H2,1-3H3,(H,27,29). The number of amides is 1. The Morgan fingerprint density at radius 2 is 1.62 bits per heavy atom. The largest absolute Gasteiger partial charge is 0.494 e. The molecule has 3 aromatic rings. The molecule has 0 fully saturated rings. The Bertz CT molecular complexity index is 1300. The lowest BCUT2D eigenvalue weighted by Crippen LogP contribution is -2.30. The van der Waals surface area contributed by atoms with Gasteiger partial charge in [-0.25, -0.2) is 8.42 Å². The lowest BCUT2D eigenvalue weighted by Gasteiger charge is -2.16. The lowest BCUT2D eigenvalue weighted by molar-refractivity contribution is -0.122. The molecule has 0 spiro atoms. The summed E-state index contributed by atoms with van der Waals surface area (Å²) in [6, 6.07) is 19.6. The minimum atomic E-state index is -3.90. The summed E-state index contributed by atoms with van der Waals surface area (Å²) >= 11 is 0. The normalized spacial score (nSPS) is 11.7. The second-order valence-electron chi connectivity index (χ2n) is 7.43. The molecule has 8 nitrogen and oxygen atoms in total. The third kappa shape index (κ3) is 6.27. The monoisotopic (exact) mass is 479 g/mol. The van der Waals surface area contributed by atoms with E-state index in [-0.39, 0.29) is 4.90 Å². The number of nitriles is 1. The summed E-state index contributed by atoms with van der Waals surface area (Å²) in [5, 5.41) is 11.6. The van der Waals surface area contributed by atoms with E-state index >= 15 is 0 Å². The average Bonchev–Trinajstić information content (AvgIpc) is 2.82. The Balaban J connectivity index is 1.71. The minimum absolute atomic E-state index is 0.0415. The second kappa shape index (κ2) is 10.7. The molecule has 3 rings (SSSR count). The summed E-state index contributed by atoms with van der Waals surface area (Å²) in [5.74, 6) is 0.632. The van der Waals surface area contributed by atoms with Gasteiger partial charge >= 0.3 is 0 Å². The van der Waals surface area contributed by atoms with Crippen LogP contribution in [0.4, 0.5) is 11.4 Å². The number of sulfonamides is 1. The number of ether oxygens (including phenoxy) is 2. The van der Waals surface area contributed by atoms with Gasteiger partial charge in [-0.05, 0) is 87.0 Å². The van der Waals surface area contributed by atoms with Crippen LogP contribution in [0.25, 0.3) is 0 Å². The first-order valence-electron chi connectivity index (χ1n) is 10.6. The summed E-state index contributed by atoms with van der Waals surface area (Å²) in [5.41, 5.74) is 1.72. The van der Waals surface area contributed by atoms with Crippen molar-refractivity contribution in [1.82, 2.24) is 0 Å². The number of rotatable bonds is 9. The van der Waals surface area contributed by atoms with Crippen molar-refractivity contribution in [3.8, 4) is 17.6 Å². The zero-order chi connectivity index (χ0) is 24.7. The predicted octanol–water partition coefficient (Wildman–Crippen LogP) is 4.47. The van der Waals surface area contributed by atoms with Crippen LogP contribution >= 0.6 is 0 Å². The van der Waals surface area contributed by atoms with Gasteiger partial charge in [0.05, 0.1) is 23.1 Å². The summed E-state index contributed by atoms with van der Waals surface area (Å²) in [6.07, 6.45) is -0.851. The van der Waals surface area contributed by atoms with Crippen LogP contribution in [0, 0.1) is 18.3 Å². The van der Waals surface area contributed by atoms with Crippen molar-refractivity contribution < 1.29 is 22.7 Å². The van der Waals surface area contributed by atoms with E-state index < -0.39 is 22.0 Å². The molecule has 2 N–H and O–H groups in total. The highest BCUT2D eigenvalue weighted by atomic mass is 32.2. The maximum absolute atomic E-state index is 13.0. The third-order valence-electron chi connectivity index (χ3n) is 4.83. The van der Waals surface area contributed by atoms with Gasteiger partial charge in [0, 0.05) is 11.4 Å². The van der Waals surface area contributed by atoms with E-state index in [4.69, 9.17) is 14.7 Å². The van der Waals surface area contributed by atoms with Gasteiger partial charge in [0.15, 0.2) is 6.10 Å². The van der Waals surface area contributed by atoms with Gasteiger partial charge in [-0.1, -0.05) is 6.07 Å². The van der Waals surface area contributed by atoms with Crippen LogP contribution in [0.15, 0.2) is 71.6 Å². The molecule has 0 aromatic heterocycles. The number of benzene rings is 3. The Morgan fingerprint density at radius 1 is 1.00 bits per heavy atom. The van der Waals surface area contributed by atoms with Crippen LogP contribution in [0.5, 0.6) is 11.5 Å². The molecular weight excluding hydrogens is 454 g/mol. The molecule has 34 heavy (non-hydrogen) atoms. The molecule has 0 radical (unpaired) electrons. The predicted molar refractivity (Wildman–Crippen MR) is 129 cm³/mol. The molecule has 3 aromatic carbocycles. The van der Waals surface area contributed by atoms with E-state index in [1.165, 1.54) is 6.07 Å². The average molecular weight is 480 g/mol. The molecule has 1 atom stereocenters. The molecule has 9 heteroatoms. The summed E-state index contributed by atoms with van der Waals surface area (Å²) in [4.78, 5) is 12.6. The van der Waals surface area contributed by atoms with Gasteiger partial charge in [0.2, 0.25) is 0 Å². The lowest BCUT2D eigenvalue weighted by atomic mass is 10.2. The molecule has 0 saturated carbocycles.